The number of aromatic nitrogens is 2. The van der Waals surface area contributed by atoms with Crippen molar-refractivity contribution in [3.8, 4) is 28.6 Å². The fraction of sp³-hybridized carbons (Fsp3) is 0.179. The van der Waals surface area contributed by atoms with Crippen LogP contribution < -0.4 is 15.2 Å². The summed E-state index contributed by atoms with van der Waals surface area (Å²) in [4.78, 5) is 21.6. The normalized spacial score (nSPS) is 11.3. The topological polar surface area (TPSA) is 121 Å². The average molecular weight is 536 g/mol. The van der Waals surface area contributed by atoms with E-state index >= 15 is 0 Å². The van der Waals surface area contributed by atoms with Gasteiger partial charge in [0.25, 0.3) is 0 Å². The van der Waals surface area contributed by atoms with Crippen LogP contribution in [0.1, 0.15) is 27.0 Å². The fourth-order valence-electron chi connectivity index (χ4n) is 4.15. The second-order valence-electron chi connectivity index (χ2n) is 8.78. The van der Waals surface area contributed by atoms with Crippen LogP contribution in [0.25, 0.3) is 11.3 Å². The largest absolute Gasteiger partial charge is 0.496 e. The number of nitrogens with zero attached hydrogens (tertiary/aromatic N) is 2. The van der Waals surface area contributed by atoms with E-state index in [2.05, 4.69) is 9.97 Å². The van der Waals surface area contributed by atoms with Crippen LogP contribution in [-0.4, -0.2) is 37.0 Å². The lowest BCUT2D eigenvalue weighted by atomic mass is 10.1. The van der Waals surface area contributed by atoms with E-state index in [4.69, 9.17) is 15.2 Å². The summed E-state index contributed by atoms with van der Waals surface area (Å²) in [7, 11) is -2.72. The molecule has 2 aromatic carbocycles. The van der Waals surface area contributed by atoms with Crippen LogP contribution in [-0.2, 0) is 9.84 Å². The van der Waals surface area contributed by atoms with Gasteiger partial charge in [-0.25, -0.2) is 22.8 Å². The van der Waals surface area contributed by atoms with Crippen molar-refractivity contribution >= 4 is 21.4 Å². The van der Waals surface area contributed by atoms with Crippen molar-refractivity contribution in [2.24, 2.45) is 0 Å². The number of anilines is 1. The first-order valence-electron chi connectivity index (χ1n) is 11.6. The summed E-state index contributed by atoms with van der Waals surface area (Å²) in [6, 6.07) is 15.1. The number of hydrogen-bond donors (Lipinski definition) is 1. The molecule has 0 radical (unpaired) electrons. The molecular weight excluding hydrogens is 509 g/mol. The van der Waals surface area contributed by atoms with Crippen LogP contribution in [0.3, 0.4) is 0 Å². The fourth-order valence-corrected chi connectivity index (χ4v) is 5.32. The van der Waals surface area contributed by atoms with E-state index in [1.807, 2.05) is 32.9 Å². The van der Waals surface area contributed by atoms with Gasteiger partial charge in [-0.1, -0.05) is 29.8 Å². The molecule has 0 saturated carbocycles. The van der Waals surface area contributed by atoms with E-state index in [-0.39, 0.29) is 39.3 Å². The Morgan fingerprint density at radius 2 is 1.66 bits per heavy atom. The number of pyridine rings is 2. The Morgan fingerprint density at radius 3 is 2.32 bits per heavy atom. The van der Waals surface area contributed by atoms with Gasteiger partial charge in [0.1, 0.15) is 28.9 Å². The van der Waals surface area contributed by atoms with E-state index in [1.165, 1.54) is 49.6 Å². The van der Waals surface area contributed by atoms with Crippen LogP contribution >= 0.6 is 0 Å². The number of nitrogen functional groups attached to an aromatic ring is 1. The minimum absolute atomic E-state index is 0.0118. The summed E-state index contributed by atoms with van der Waals surface area (Å²) in [5.41, 5.74) is 8.35. The quantitative estimate of drug-likeness (QED) is 0.304. The smallest absolute Gasteiger partial charge is 0.230 e. The molecule has 0 aliphatic heterocycles. The van der Waals surface area contributed by atoms with Gasteiger partial charge < -0.3 is 15.2 Å². The molecule has 0 bridgehead atoms. The molecule has 0 amide bonds. The number of ether oxygens (including phenoxy) is 2. The molecular formula is C28H26FN3O5S. The van der Waals surface area contributed by atoms with E-state index in [1.54, 1.807) is 6.07 Å². The number of nitrogens with two attached hydrogens (primary N) is 1. The van der Waals surface area contributed by atoms with Gasteiger partial charge >= 0.3 is 0 Å². The van der Waals surface area contributed by atoms with Gasteiger partial charge in [-0.05, 0) is 68.3 Å². The molecule has 0 atom stereocenters. The van der Waals surface area contributed by atoms with Crippen molar-refractivity contribution in [2.45, 2.75) is 25.8 Å². The van der Waals surface area contributed by atoms with Crippen LogP contribution in [0.4, 0.5) is 10.2 Å². The molecule has 2 heterocycles. The predicted molar refractivity (Wildman–Crippen MR) is 142 cm³/mol. The lowest BCUT2D eigenvalue weighted by molar-refractivity contribution is 0.101. The SMILES string of the molecule is COc1cccc(F)c1-c1ccc(C(=O)CS(=O)(=O)c2cccc(N)n2)c(Oc2c(C)cc(C)cc2C)n1. The highest BCUT2D eigenvalue weighted by molar-refractivity contribution is 7.92. The van der Waals surface area contributed by atoms with Crippen molar-refractivity contribution in [3.05, 3.63) is 88.7 Å². The summed E-state index contributed by atoms with van der Waals surface area (Å²) >= 11 is 0. The number of sulfone groups is 1. The standard InChI is InChI=1S/C28H26FN3O5S/c1-16-13-17(2)27(18(3)14-16)37-28-19(22(33)15-38(34,35)25-10-6-9-24(30)32-25)11-12-21(31-28)26-20(29)7-5-8-23(26)36-4/h5-14H,15H2,1-4H3,(H2,30,32). The summed E-state index contributed by atoms with van der Waals surface area (Å²) in [5, 5.41) is -0.320. The van der Waals surface area contributed by atoms with Crippen LogP contribution in [0.5, 0.6) is 17.4 Å². The van der Waals surface area contributed by atoms with Gasteiger partial charge in [0.15, 0.2) is 10.8 Å². The lowest BCUT2D eigenvalue weighted by Crippen LogP contribution is -2.19. The van der Waals surface area contributed by atoms with Crippen molar-refractivity contribution in [1.29, 1.82) is 0 Å². The number of halogens is 1. The number of carbonyl (C=O) groups is 1. The van der Waals surface area contributed by atoms with Crippen molar-refractivity contribution < 1.29 is 27.1 Å². The molecule has 2 N–H and O–H groups in total. The molecule has 0 unspecified atom stereocenters. The minimum Gasteiger partial charge on any atom is -0.496 e. The zero-order chi connectivity index (χ0) is 27.6. The molecule has 0 aliphatic carbocycles. The molecule has 2 aromatic heterocycles. The maximum atomic E-state index is 14.8. The molecule has 10 heteroatoms. The Bertz CT molecular complexity index is 1630. The average Bonchev–Trinajstić information content (AvgIpc) is 2.85. The van der Waals surface area contributed by atoms with E-state index in [0.29, 0.717) is 5.75 Å². The molecule has 196 valence electrons. The van der Waals surface area contributed by atoms with E-state index in [9.17, 15) is 17.6 Å². The van der Waals surface area contributed by atoms with Crippen molar-refractivity contribution in [3.63, 3.8) is 0 Å². The number of carbonyl (C=O) groups excluding carboxylic acids is 1. The zero-order valence-corrected chi connectivity index (χ0v) is 22.1. The first kappa shape index (κ1) is 26.7. The maximum absolute atomic E-state index is 14.8. The Morgan fingerprint density at radius 1 is 0.974 bits per heavy atom. The van der Waals surface area contributed by atoms with E-state index < -0.39 is 27.2 Å². The first-order valence-corrected chi connectivity index (χ1v) is 13.2. The van der Waals surface area contributed by atoms with Crippen LogP contribution in [0, 0.1) is 26.6 Å². The van der Waals surface area contributed by atoms with Gasteiger partial charge in [-0.15, -0.1) is 0 Å². The van der Waals surface area contributed by atoms with Crippen LogP contribution in [0.2, 0.25) is 0 Å². The number of ketones is 1. The highest BCUT2D eigenvalue weighted by Crippen LogP contribution is 2.36. The number of rotatable bonds is 8. The monoisotopic (exact) mass is 535 g/mol. The Hall–Kier alpha value is -4.31. The third kappa shape index (κ3) is 5.50. The molecule has 0 saturated heterocycles. The van der Waals surface area contributed by atoms with Gasteiger partial charge in [0.2, 0.25) is 15.7 Å². The predicted octanol–water partition coefficient (Wildman–Crippen LogP) is 5.25. The molecule has 4 aromatic rings. The maximum Gasteiger partial charge on any atom is 0.230 e. The minimum atomic E-state index is -4.13. The van der Waals surface area contributed by atoms with Crippen molar-refractivity contribution in [2.75, 3.05) is 18.6 Å². The molecule has 8 nitrogen and oxygen atoms in total. The third-order valence-corrected chi connectivity index (χ3v) is 7.31. The number of hydrogen-bond acceptors (Lipinski definition) is 8. The summed E-state index contributed by atoms with van der Waals surface area (Å²) in [5.74, 6) is -1.71. The highest BCUT2D eigenvalue weighted by Gasteiger charge is 2.26. The Kier molecular flexibility index (Phi) is 7.45. The van der Waals surface area contributed by atoms with Crippen LogP contribution in [0.15, 0.2) is 65.7 Å². The molecule has 4 rings (SSSR count). The first-order chi connectivity index (χ1) is 18.0. The summed E-state index contributed by atoms with van der Waals surface area (Å²) in [6.07, 6.45) is 0. The van der Waals surface area contributed by atoms with Crippen molar-refractivity contribution in [1.82, 2.24) is 9.97 Å². The molecule has 0 aliphatic rings. The lowest BCUT2D eigenvalue weighted by Gasteiger charge is -2.16. The number of methoxy groups -OCH3 is 1. The highest BCUT2D eigenvalue weighted by atomic mass is 32.2. The Labute approximate surface area is 220 Å². The van der Waals surface area contributed by atoms with Gasteiger partial charge in [0.05, 0.1) is 23.9 Å². The van der Waals surface area contributed by atoms with Gasteiger partial charge in [-0.3, -0.25) is 4.79 Å². The third-order valence-electron chi connectivity index (χ3n) is 5.80. The zero-order valence-electron chi connectivity index (χ0n) is 21.3. The number of benzene rings is 2. The molecule has 38 heavy (non-hydrogen) atoms. The van der Waals surface area contributed by atoms with Gasteiger partial charge in [-0.2, -0.15) is 0 Å². The number of aryl methyl sites for hydroxylation is 3. The number of Topliss-reactive ketones (excluding diaryl/α,β-unsaturated/α-hetero) is 1. The molecule has 0 fully saturated rings. The van der Waals surface area contributed by atoms with Gasteiger partial charge in [0, 0.05) is 0 Å². The van der Waals surface area contributed by atoms with E-state index in [0.717, 1.165) is 16.7 Å². The Balaban J connectivity index is 1.83. The second kappa shape index (κ2) is 10.6. The summed E-state index contributed by atoms with van der Waals surface area (Å²) in [6.45, 7) is 5.63. The summed E-state index contributed by atoms with van der Waals surface area (Å²) < 4.78 is 52.1. The second-order valence-corrected chi connectivity index (χ2v) is 10.7. The molecule has 0 spiro atoms.